The van der Waals surface area contributed by atoms with Crippen molar-refractivity contribution in [3.63, 3.8) is 0 Å². The minimum atomic E-state index is -4.39. The van der Waals surface area contributed by atoms with Crippen molar-refractivity contribution < 1.29 is 27.8 Å². The van der Waals surface area contributed by atoms with Crippen LogP contribution in [0, 0.1) is 0 Å². The van der Waals surface area contributed by atoms with Gasteiger partial charge in [0, 0.05) is 13.1 Å². The smallest absolute Gasteiger partial charge is 0.416 e. The number of guanidine groups is 1. The molecule has 6 nitrogen and oxygen atoms in total. The molecule has 1 atom stereocenters. The molecule has 0 fully saturated rings. The third-order valence-corrected chi connectivity index (χ3v) is 4.03. The van der Waals surface area contributed by atoms with Gasteiger partial charge in [-0.25, -0.2) is 4.99 Å². The molecular formula is C21H27F3IN3O3. The Labute approximate surface area is 196 Å². The van der Waals surface area contributed by atoms with Gasteiger partial charge in [0.1, 0.15) is 24.2 Å². The van der Waals surface area contributed by atoms with Gasteiger partial charge in [0.2, 0.25) is 0 Å². The average Bonchev–Trinajstić information content (AvgIpc) is 2.74. The lowest BCUT2D eigenvalue weighted by Gasteiger charge is -2.16. The second-order valence-electron chi connectivity index (χ2n) is 6.41. The molecule has 1 unspecified atom stereocenters. The molecule has 2 aromatic rings. The van der Waals surface area contributed by atoms with Crippen LogP contribution < -0.4 is 20.1 Å². The third kappa shape index (κ3) is 9.64. The van der Waals surface area contributed by atoms with Crippen molar-refractivity contribution in [3.05, 3.63) is 59.7 Å². The quantitative estimate of drug-likeness (QED) is 0.250. The number of methoxy groups -OCH3 is 1. The van der Waals surface area contributed by atoms with Crippen molar-refractivity contribution in [1.29, 1.82) is 0 Å². The van der Waals surface area contributed by atoms with E-state index in [4.69, 9.17) is 9.47 Å². The summed E-state index contributed by atoms with van der Waals surface area (Å²) in [6.07, 6.45) is -5.28. The molecule has 172 valence electrons. The van der Waals surface area contributed by atoms with E-state index in [9.17, 15) is 18.3 Å². The van der Waals surface area contributed by atoms with E-state index in [0.29, 0.717) is 19.0 Å². The van der Waals surface area contributed by atoms with Crippen LogP contribution in [0.4, 0.5) is 13.2 Å². The van der Waals surface area contributed by atoms with Crippen LogP contribution in [0.3, 0.4) is 0 Å². The van der Waals surface area contributed by atoms with Crippen LogP contribution in [0.2, 0.25) is 0 Å². The van der Waals surface area contributed by atoms with E-state index in [-0.39, 0.29) is 42.9 Å². The van der Waals surface area contributed by atoms with Crippen LogP contribution in [-0.2, 0) is 12.7 Å². The predicted octanol–water partition coefficient (Wildman–Crippen LogP) is 3.83. The average molecular weight is 553 g/mol. The predicted molar refractivity (Wildman–Crippen MR) is 124 cm³/mol. The Kier molecular flexibility index (Phi) is 11.5. The molecule has 0 heterocycles. The van der Waals surface area contributed by atoms with Gasteiger partial charge in [-0.3, -0.25) is 0 Å². The highest BCUT2D eigenvalue weighted by Crippen LogP contribution is 2.30. The molecule has 31 heavy (non-hydrogen) atoms. The van der Waals surface area contributed by atoms with Crippen LogP contribution in [0.5, 0.6) is 11.5 Å². The van der Waals surface area contributed by atoms with Crippen molar-refractivity contribution in [2.24, 2.45) is 4.99 Å². The molecule has 2 aromatic carbocycles. The van der Waals surface area contributed by atoms with Gasteiger partial charge in [-0.15, -0.1) is 24.0 Å². The summed E-state index contributed by atoms with van der Waals surface area (Å²) in [5.74, 6) is 1.52. The summed E-state index contributed by atoms with van der Waals surface area (Å²) >= 11 is 0. The summed E-state index contributed by atoms with van der Waals surface area (Å²) in [5.41, 5.74) is 0.220. The van der Waals surface area contributed by atoms with Crippen LogP contribution >= 0.6 is 24.0 Å². The lowest BCUT2D eigenvalue weighted by molar-refractivity contribution is -0.137. The number of rotatable bonds is 9. The Balaban J connectivity index is 0.00000480. The lowest BCUT2D eigenvalue weighted by Crippen LogP contribution is -2.42. The molecule has 0 saturated heterocycles. The molecule has 2 rings (SSSR count). The van der Waals surface area contributed by atoms with Crippen molar-refractivity contribution >= 4 is 29.9 Å². The van der Waals surface area contributed by atoms with Crippen LogP contribution in [0.15, 0.2) is 53.5 Å². The number of halogens is 4. The molecule has 0 aliphatic heterocycles. The highest BCUT2D eigenvalue weighted by atomic mass is 127. The van der Waals surface area contributed by atoms with Gasteiger partial charge >= 0.3 is 6.18 Å². The highest BCUT2D eigenvalue weighted by Gasteiger charge is 2.30. The van der Waals surface area contributed by atoms with Crippen LogP contribution in [0.1, 0.15) is 18.1 Å². The van der Waals surface area contributed by atoms with E-state index >= 15 is 0 Å². The van der Waals surface area contributed by atoms with Crippen molar-refractivity contribution in [1.82, 2.24) is 10.6 Å². The first-order valence-corrected chi connectivity index (χ1v) is 9.45. The Morgan fingerprint density at radius 2 is 1.81 bits per heavy atom. The monoisotopic (exact) mass is 553 g/mol. The minimum absolute atomic E-state index is 0. The Morgan fingerprint density at radius 3 is 2.42 bits per heavy atom. The SMILES string of the molecule is CCNC(=NCc1cccc(OC)c1)NCC(O)COc1ccc(C(F)(F)F)cc1.I. The number of nitrogens with one attached hydrogen (secondary N) is 2. The zero-order chi connectivity index (χ0) is 22.0. The maximum absolute atomic E-state index is 12.6. The molecule has 10 heteroatoms. The first kappa shape index (κ1) is 26.8. The fraction of sp³-hybridized carbons (Fsp3) is 0.381. The molecule has 0 spiro atoms. The Bertz CT molecular complexity index is 818. The molecule has 0 radical (unpaired) electrons. The van der Waals surface area contributed by atoms with Gasteiger partial charge in [-0.05, 0) is 48.9 Å². The molecule has 0 aliphatic rings. The maximum Gasteiger partial charge on any atom is 0.416 e. The third-order valence-electron chi connectivity index (χ3n) is 4.03. The number of benzene rings is 2. The van der Waals surface area contributed by atoms with E-state index < -0.39 is 17.8 Å². The number of aliphatic hydroxyl groups is 1. The van der Waals surface area contributed by atoms with E-state index in [1.165, 1.54) is 12.1 Å². The fourth-order valence-electron chi connectivity index (χ4n) is 2.49. The largest absolute Gasteiger partial charge is 0.497 e. The molecular weight excluding hydrogens is 526 g/mol. The second kappa shape index (κ2) is 13.3. The number of alkyl halides is 3. The zero-order valence-corrected chi connectivity index (χ0v) is 19.6. The lowest BCUT2D eigenvalue weighted by atomic mass is 10.2. The summed E-state index contributed by atoms with van der Waals surface area (Å²) in [6, 6.07) is 11.9. The zero-order valence-electron chi connectivity index (χ0n) is 17.3. The van der Waals surface area contributed by atoms with Gasteiger partial charge < -0.3 is 25.2 Å². The van der Waals surface area contributed by atoms with Crippen LogP contribution in [-0.4, -0.2) is 44.0 Å². The van der Waals surface area contributed by atoms with E-state index in [0.717, 1.165) is 23.4 Å². The molecule has 3 N–H and O–H groups in total. The second-order valence-corrected chi connectivity index (χ2v) is 6.41. The standard InChI is InChI=1S/C21H26F3N3O3.HI/c1-3-25-20(26-12-15-5-4-6-19(11-15)29-2)27-13-17(28)14-30-18-9-7-16(8-10-18)21(22,23)24;/h4-11,17,28H,3,12-14H2,1-2H3,(H2,25,26,27);1H. The Morgan fingerprint density at radius 1 is 1.10 bits per heavy atom. The van der Waals surface area contributed by atoms with E-state index in [1.807, 2.05) is 31.2 Å². The number of aliphatic imine (C=N–C) groups is 1. The molecule has 0 amide bonds. The fourth-order valence-corrected chi connectivity index (χ4v) is 2.49. The highest BCUT2D eigenvalue weighted by molar-refractivity contribution is 14.0. The number of nitrogens with zero attached hydrogens (tertiary/aromatic N) is 1. The maximum atomic E-state index is 12.6. The minimum Gasteiger partial charge on any atom is -0.497 e. The van der Waals surface area contributed by atoms with Crippen molar-refractivity contribution in [2.75, 3.05) is 26.8 Å². The number of aliphatic hydroxyl groups excluding tert-OH is 1. The number of hydrogen-bond acceptors (Lipinski definition) is 4. The van der Waals surface area contributed by atoms with E-state index in [2.05, 4.69) is 15.6 Å². The van der Waals surface area contributed by atoms with E-state index in [1.54, 1.807) is 7.11 Å². The van der Waals surface area contributed by atoms with Gasteiger partial charge in [0.05, 0.1) is 19.2 Å². The van der Waals surface area contributed by atoms with Gasteiger partial charge in [0.25, 0.3) is 0 Å². The number of hydrogen-bond donors (Lipinski definition) is 3. The summed E-state index contributed by atoms with van der Waals surface area (Å²) in [5, 5.41) is 16.2. The number of ether oxygens (including phenoxy) is 2. The molecule has 0 aromatic heterocycles. The Hall–Kier alpha value is -2.21. The van der Waals surface area contributed by atoms with Crippen LogP contribution in [0.25, 0.3) is 0 Å². The van der Waals surface area contributed by atoms with Crippen molar-refractivity contribution in [2.45, 2.75) is 25.7 Å². The molecule has 0 aliphatic carbocycles. The van der Waals surface area contributed by atoms with Gasteiger partial charge in [0.15, 0.2) is 5.96 Å². The van der Waals surface area contributed by atoms with Gasteiger partial charge in [-0.1, -0.05) is 12.1 Å². The first-order valence-electron chi connectivity index (χ1n) is 9.45. The summed E-state index contributed by atoms with van der Waals surface area (Å²) in [6.45, 7) is 3.07. The summed E-state index contributed by atoms with van der Waals surface area (Å²) in [7, 11) is 1.60. The normalized spacial score (nSPS) is 12.5. The summed E-state index contributed by atoms with van der Waals surface area (Å²) < 4.78 is 48.3. The first-order chi connectivity index (χ1) is 14.3. The molecule has 0 bridgehead atoms. The molecule has 0 saturated carbocycles. The topological polar surface area (TPSA) is 75.1 Å². The summed E-state index contributed by atoms with van der Waals surface area (Å²) in [4.78, 5) is 4.46. The van der Waals surface area contributed by atoms with Crippen molar-refractivity contribution in [3.8, 4) is 11.5 Å². The van der Waals surface area contributed by atoms with Gasteiger partial charge in [-0.2, -0.15) is 13.2 Å².